The molecule has 8 heteroatoms. The van der Waals surface area contributed by atoms with Gasteiger partial charge in [0.25, 0.3) is 5.56 Å². The Morgan fingerprint density at radius 1 is 1.19 bits per heavy atom. The Hall–Kier alpha value is -2.90. The van der Waals surface area contributed by atoms with Crippen molar-refractivity contribution in [2.45, 2.75) is 19.3 Å². The van der Waals surface area contributed by atoms with Gasteiger partial charge in [-0.1, -0.05) is 0 Å². The van der Waals surface area contributed by atoms with Crippen molar-refractivity contribution < 1.29 is 0 Å². The summed E-state index contributed by atoms with van der Waals surface area (Å²) < 4.78 is 1.70. The lowest BCUT2D eigenvalue weighted by Gasteiger charge is -2.69. The molecule has 1 aliphatic heterocycles. The Morgan fingerprint density at radius 2 is 2.00 bits per heavy atom. The Kier molecular flexibility index (Phi) is 2.54. The number of nitrogens with zero attached hydrogens (tertiary/aromatic N) is 4. The fraction of sp³-hybridized carbons (Fsp3) is 0.444. The Bertz CT molecular complexity index is 1140. The normalized spacial score (nSPS) is 27.1. The number of fused-ring (bicyclic) bond motifs is 1. The highest BCUT2D eigenvalue weighted by atomic mass is 16.2. The molecule has 0 aromatic carbocycles. The summed E-state index contributed by atoms with van der Waals surface area (Å²) in [5.74, 6) is 1.78. The summed E-state index contributed by atoms with van der Waals surface area (Å²) in [6, 6.07) is 1.91. The summed E-state index contributed by atoms with van der Waals surface area (Å²) >= 11 is 0. The fourth-order valence-corrected chi connectivity index (χ4v) is 4.97. The molecule has 4 heterocycles. The van der Waals surface area contributed by atoms with E-state index in [1.807, 2.05) is 6.07 Å². The molecule has 3 saturated carbocycles. The lowest BCUT2D eigenvalue weighted by Crippen LogP contribution is -2.65. The zero-order valence-corrected chi connectivity index (χ0v) is 14.1. The van der Waals surface area contributed by atoms with Gasteiger partial charge in [-0.3, -0.25) is 9.78 Å². The summed E-state index contributed by atoms with van der Waals surface area (Å²) in [4.78, 5) is 35.0. The second-order valence-electron chi connectivity index (χ2n) is 8.04. The van der Waals surface area contributed by atoms with E-state index in [1.54, 1.807) is 16.9 Å². The van der Waals surface area contributed by atoms with Crippen LogP contribution in [0.15, 0.2) is 34.2 Å². The van der Waals surface area contributed by atoms with Crippen LogP contribution in [0.4, 0.5) is 5.69 Å². The standard InChI is InChI=1S/C18H18N6O2/c25-16-12(7-20-17(26)21-16)13-3-14(15-19-1-2-24(15)22-13)23-8-11(9-23)18-4-10(5-18)6-18/h1-3,7,10-11H,4-6,8-9H2,(H2,20,21,25,26). The van der Waals surface area contributed by atoms with E-state index in [-0.39, 0.29) is 0 Å². The van der Waals surface area contributed by atoms with Crippen LogP contribution in [0.1, 0.15) is 19.3 Å². The first-order chi connectivity index (χ1) is 12.6. The van der Waals surface area contributed by atoms with Crippen LogP contribution in [0.3, 0.4) is 0 Å². The number of aromatic nitrogens is 5. The van der Waals surface area contributed by atoms with E-state index >= 15 is 0 Å². The van der Waals surface area contributed by atoms with Crippen LogP contribution in [0, 0.1) is 17.3 Å². The third-order valence-electron chi connectivity index (χ3n) is 6.61. The van der Waals surface area contributed by atoms with Crippen molar-refractivity contribution in [3.63, 3.8) is 0 Å². The predicted octanol–water partition coefficient (Wildman–Crippen LogP) is 1.01. The number of nitrogens with one attached hydrogen (secondary N) is 2. The predicted molar refractivity (Wildman–Crippen MR) is 95.1 cm³/mol. The van der Waals surface area contributed by atoms with Crippen LogP contribution in [-0.2, 0) is 0 Å². The van der Waals surface area contributed by atoms with Gasteiger partial charge < -0.3 is 9.88 Å². The van der Waals surface area contributed by atoms with Crippen molar-refractivity contribution in [2.24, 2.45) is 17.3 Å². The number of hydrogen-bond donors (Lipinski definition) is 2. The monoisotopic (exact) mass is 350 g/mol. The van der Waals surface area contributed by atoms with Crippen LogP contribution in [0.5, 0.6) is 0 Å². The number of imidazole rings is 1. The fourth-order valence-electron chi connectivity index (χ4n) is 4.97. The molecule has 3 aromatic rings. The van der Waals surface area contributed by atoms with E-state index < -0.39 is 11.2 Å². The number of anilines is 1. The van der Waals surface area contributed by atoms with Crippen LogP contribution >= 0.6 is 0 Å². The number of H-pyrrole nitrogens is 2. The zero-order valence-electron chi connectivity index (χ0n) is 14.1. The maximum Gasteiger partial charge on any atom is 0.325 e. The molecule has 0 unspecified atom stereocenters. The maximum atomic E-state index is 12.2. The van der Waals surface area contributed by atoms with Crippen LogP contribution in [0.25, 0.3) is 16.9 Å². The summed E-state index contributed by atoms with van der Waals surface area (Å²) in [5, 5.41) is 4.49. The molecule has 8 nitrogen and oxygen atoms in total. The van der Waals surface area contributed by atoms with Gasteiger partial charge in [0.05, 0.1) is 11.3 Å². The lowest BCUT2D eigenvalue weighted by molar-refractivity contribution is -0.157. The first-order valence-electron chi connectivity index (χ1n) is 9.03. The minimum atomic E-state index is -0.521. The Balaban J connectivity index is 1.40. The van der Waals surface area contributed by atoms with Gasteiger partial charge in [0, 0.05) is 31.7 Å². The smallest absolute Gasteiger partial charge is 0.325 e. The summed E-state index contributed by atoms with van der Waals surface area (Å²) in [6.45, 7) is 2.08. The maximum absolute atomic E-state index is 12.2. The molecule has 132 valence electrons. The highest BCUT2D eigenvalue weighted by Crippen LogP contribution is 2.69. The van der Waals surface area contributed by atoms with Crippen molar-refractivity contribution in [1.82, 2.24) is 24.6 Å². The van der Waals surface area contributed by atoms with Gasteiger partial charge in [0.1, 0.15) is 5.69 Å². The minimum absolute atomic E-state index is 0.345. The molecule has 0 spiro atoms. The molecule has 7 rings (SSSR count). The van der Waals surface area contributed by atoms with Crippen LogP contribution in [0.2, 0.25) is 0 Å². The highest BCUT2D eigenvalue weighted by molar-refractivity contribution is 5.75. The quantitative estimate of drug-likeness (QED) is 0.734. The van der Waals surface area contributed by atoms with Gasteiger partial charge in [0.15, 0.2) is 5.65 Å². The molecule has 26 heavy (non-hydrogen) atoms. The van der Waals surface area contributed by atoms with Gasteiger partial charge in [-0.2, -0.15) is 5.10 Å². The van der Waals surface area contributed by atoms with Crippen molar-refractivity contribution in [2.75, 3.05) is 18.0 Å². The number of aromatic amines is 2. The SMILES string of the molecule is O=c1[nH]cc(-c2cc(N3CC(C45CC(C4)C5)C3)c3nccn3n2)c(=O)[nH]1. The second kappa shape index (κ2) is 4.63. The largest absolute Gasteiger partial charge is 0.368 e. The van der Waals surface area contributed by atoms with Crippen molar-refractivity contribution >= 4 is 11.3 Å². The Labute approximate surface area is 147 Å². The van der Waals surface area contributed by atoms with E-state index in [0.29, 0.717) is 16.7 Å². The highest BCUT2D eigenvalue weighted by Gasteiger charge is 2.62. The Morgan fingerprint density at radius 3 is 2.69 bits per heavy atom. The minimum Gasteiger partial charge on any atom is -0.368 e. The second-order valence-corrected chi connectivity index (χ2v) is 8.04. The van der Waals surface area contributed by atoms with Gasteiger partial charge in [-0.15, -0.1) is 0 Å². The molecule has 4 fully saturated rings. The summed E-state index contributed by atoms with van der Waals surface area (Å²) in [7, 11) is 0. The molecular formula is C18H18N6O2. The third-order valence-corrected chi connectivity index (χ3v) is 6.61. The molecular weight excluding hydrogens is 332 g/mol. The molecule has 0 amide bonds. The summed E-state index contributed by atoms with van der Waals surface area (Å²) in [5.41, 5.74) is 2.32. The first kappa shape index (κ1) is 14.3. The van der Waals surface area contributed by atoms with E-state index in [4.69, 9.17) is 0 Å². The van der Waals surface area contributed by atoms with Gasteiger partial charge in [-0.25, -0.2) is 14.3 Å². The van der Waals surface area contributed by atoms with Crippen LogP contribution < -0.4 is 16.1 Å². The molecule has 1 saturated heterocycles. The van der Waals surface area contributed by atoms with Crippen molar-refractivity contribution in [1.29, 1.82) is 0 Å². The van der Waals surface area contributed by atoms with Crippen molar-refractivity contribution in [3.05, 3.63) is 45.5 Å². The molecule has 0 atom stereocenters. The summed E-state index contributed by atoms with van der Waals surface area (Å²) in [6.07, 6.45) is 9.15. The molecule has 4 aliphatic rings. The topological polar surface area (TPSA) is 99.2 Å². The molecule has 0 radical (unpaired) electrons. The van der Waals surface area contributed by atoms with Gasteiger partial charge in [-0.05, 0) is 42.6 Å². The molecule has 2 bridgehead atoms. The van der Waals surface area contributed by atoms with E-state index in [9.17, 15) is 9.59 Å². The average Bonchev–Trinajstić information content (AvgIpc) is 2.95. The van der Waals surface area contributed by atoms with Gasteiger partial charge in [0.2, 0.25) is 0 Å². The number of rotatable bonds is 3. The molecule has 2 N–H and O–H groups in total. The van der Waals surface area contributed by atoms with E-state index in [1.165, 1.54) is 25.5 Å². The van der Waals surface area contributed by atoms with Gasteiger partial charge >= 0.3 is 5.69 Å². The van der Waals surface area contributed by atoms with E-state index in [0.717, 1.165) is 36.3 Å². The average molecular weight is 350 g/mol. The first-order valence-corrected chi connectivity index (χ1v) is 9.03. The van der Waals surface area contributed by atoms with E-state index in [2.05, 4.69) is 25.0 Å². The lowest BCUT2D eigenvalue weighted by atomic mass is 9.39. The zero-order chi connectivity index (χ0) is 17.5. The third kappa shape index (κ3) is 1.79. The number of hydrogen-bond acceptors (Lipinski definition) is 5. The van der Waals surface area contributed by atoms with Crippen molar-refractivity contribution in [3.8, 4) is 11.3 Å². The molecule has 3 aliphatic carbocycles. The molecule has 3 aromatic heterocycles. The van der Waals surface area contributed by atoms with Crippen LogP contribution in [-0.4, -0.2) is 37.7 Å².